The highest BCUT2D eigenvalue weighted by Crippen LogP contribution is 2.25. The maximum Gasteiger partial charge on any atom is 0.327 e. The molecule has 1 aliphatic rings. The summed E-state index contributed by atoms with van der Waals surface area (Å²) in [6.07, 6.45) is 4.70. The fraction of sp³-hybridized carbons (Fsp3) is 0.533. The third-order valence-electron chi connectivity index (χ3n) is 3.62. The Morgan fingerprint density at radius 1 is 1.32 bits per heavy atom. The predicted molar refractivity (Wildman–Crippen MR) is 73.1 cm³/mol. The predicted octanol–water partition coefficient (Wildman–Crippen LogP) is 2.44. The van der Waals surface area contributed by atoms with Crippen LogP contribution in [0.2, 0.25) is 0 Å². The highest BCUT2D eigenvalue weighted by Gasteiger charge is 2.26. The van der Waals surface area contributed by atoms with E-state index in [1.807, 2.05) is 24.3 Å². The van der Waals surface area contributed by atoms with E-state index >= 15 is 0 Å². The summed E-state index contributed by atoms with van der Waals surface area (Å²) < 4.78 is 10.1. The monoisotopic (exact) mass is 263 g/mol. The van der Waals surface area contributed by atoms with Crippen molar-refractivity contribution in [3.05, 3.63) is 29.8 Å². The van der Waals surface area contributed by atoms with Crippen LogP contribution in [0.5, 0.6) is 5.75 Å². The molecule has 0 bridgehead atoms. The normalized spacial score (nSPS) is 17.2. The summed E-state index contributed by atoms with van der Waals surface area (Å²) in [4.78, 5) is 12.0. The number of carbonyl (C=O) groups excluding carboxylic acids is 1. The topological polar surface area (TPSA) is 47.6 Å². The molecule has 4 nitrogen and oxygen atoms in total. The molecular formula is C15H21NO3. The fourth-order valence-electron chi connectivity index (χ4n) is 2.57. The van der Waals surface area contributed by atoms with Crippen LogP contribution < -0.4 is 10.1 Å². The third kappa shape index (κ3) is 3.47. The van der Waals surface area contributed by atoms with Gasteiger partial charge < -0.3 is 9.47 Å². The molecule has 1 aromatic carbocycles. The maximum absolute atomic E-state index is 12.0. The lowest BCUT2D eigenvalue weighted by Crippen LogP contribution is -2.36. The van der Waals surface area contributed by atoms with Crippen molar-refractivity contribution >= 4 is 5.97 Å². The summed E-state index contributed by atoms with van der Waals surface area (Å²) in [7, 11) is 3.04. The Bertz CT molecular complexity index is 427. The molecule has 0 spiro atoms. The lowest BCUT2D eigenvalue weighted by atomic mass is 10.0. The van der Waals surface area contributed by atoms with Gasteiger partial charge in [-0.25, -0.2) is 4.79 Å². The second-order valence-electron chi connectivity index (χ2n) is 4.88. The molecule has 104 valence electrons. The van der Waals surface area contributed by atoms with Gasteiger partial charge in [0.1, 0.15) is 11.8 Å². The van der Waals surface area contributed by atoms with Crippen LogP contribution in [0, 0.1) is 0 Å². The van der Waals surface area contributed by atoms with Crippen LogP contribution in [0.3, 0.4) is 0 Å². The largest absolute Gasteiger partial charge is 0.497 e. The molecule has 1 unspecified atom stereocenters. The van der Waals surface area contributed by atoms with E-state index in [0.717, 1.165) is 24.2 Å². The zero-order chi connectivity index (χ0) is 13.7. The SMILES string of the molecule is COC(=O)C(NC1CCCC1)c1cccc(OC)c1. The van der Waals surface area contributed by atoms with Crippen LogP contribution >= 0.6 is 0 Å². The number of nitrogens with one attached hydrogen (secondary N) is 1. The molecule has 0 amide bonds. The minimum absolute atomic E-state index is 0.250. The van der Waals surface area contributed by atoms with Crippen LogP contribution in [0.4, 0.5) is 0 Å². The molecule has 19 heavy (non-hydrogen) atoms. The molecule has 4 heteroatoms. The molecule has 0 aliphatic heterocycles. The van der Waals surface area contributed by atoms with E-state index < -0.39 is 6.04 Å². The number of methoxy groups -OCH3 is 2. The number of benzene rings is 1. The van der Waals surface area contributed by atoms with E-state index in [1.54, 1.807) is 7.11 Å². The fourth-order valence-corrected chi connectivity index (χ4v) is 2.57. The van der Waals surface area contributed by atoms with Gasteiger partial charge >= 0.3 is 5.97 Å². The zero-order valence-electron chi connectivity index (χ0n) is 11.5. The third-order valence-corrected chi connectivity index (χ3v) is 3.62. The van der Waals surface area contributed by atoms with E-state index in [0.29, 0.717) is 6.04 Å². The molecule has 0 saturated heterocycles. The molecule has 1 atom stereocenters. The Morgan fingerprint density at radius 3 is 2.68 bits per heavy atom. The van der Waals surface area contributed by atoms with Crippen LogP contribution in [0.15, 0.2) is 24.3 Å². The van der Waals surface area contributed by atoms with E-state index in [9.17, 15) is 4.79 Å². The molecule has 1 fully saturated rings. The average Bonchev–Trinajstić information content (AvgIpc) is 2.97. The first-order chi connectivity index (χ1) is 9.24. The van der Waals surface area contributed by atoms with Gasteiger partial charge in [-0.15, -0.1) is 0 Å². The standard InChI is InChI=1S/C15H21NO3/c1-18-13-9-5-6-11(10-13)14(15(17)19-2)16-12-7-3-4-8-12/h5-6,9-10,12,14,16H,3-4,7-8H2,1-2H3. The number of rotatable bonds is 5. The Balaban J connectivity index is 2.17. The zero-order valence-corrected chi connectivity index (χ0v) is 11.5. The van der Waals surface area contributed by atoms with Gasteiger partial charge in [-0.3, -0.25) is 5.32 Å². The average molecular weight is 263 g/mol. The van der Waals surface area contributed by atoms with Gasteiger partial charge in [0.15, 0.2) is 0 Å². The first kappa shape index (κ1) is 13.9. The molecule has 1 saturated carbocycles. The van der Waals surface area contributed by atoms with Crippen molar-refractivity contribution in [3.63, 3.8) is 0 Å². The summed E-state index contributed by atoms with van der Waals surface area (Å²) in [5.74, 6) is 0.500. The summed E-state index contributed by atoms with van der Waals surface area (Å²) >= 11 is 0. The smallest absolute Gasteiger partial charge is 0.327 e. The van der Waals surface area contributed by atoms with Crippen molar-refractivity contribution in [1.29, 1.82) is 0 Å². The van der Waals surface area contributed by atoms with Gasteiger partial charge in [0, 0.05) is 6.04 Å². The van der Waals surface area contributed by atoms with Crippen LogP contribution in [0.1, 0.15) is 37.3 Å². The van der Waals surface area contributed by atoms with E-state index in [-0.39, 0.29) is 5.97 Å². The summed E-state index contributed by atoms with van der Waals surface area (Å²) in [5.41, 5.74) is 0.887. The van der Waals surface area contributed by atoms with E-state index in [1.165, 1.54) is 20.0 Å². The Labute approximate surface area is 114 Å². The number of ether oxygens (including phenoxy) is 2. The minimum Gasteiger partial charge on any atom is -0.497 e. The lowest BCUT2D eigenvalue weighted by Gasteiger charge is -2.21. The number of esters is 1. The number of hydrogen-bond acceptors (Lipinski definition) is 4. The summed E-state index contributed by atoms with van der Waals surface area (Å²) in [6, 6.07) is 7.54. The van der Waals surface area contributed by atoms with Crippen molar-refractivity contribution in [2.45, 2.75) is 37.8 Å². The van der Waals surface area contributed by atoms with Crippen molar-refractivity contribution in [3.8, 4) is 5.75 Å². The summed E-state index contributed by atoms with van der Waals surface area (Å²) in [5, 5.41) is 3.40. The van der Waals surface area contributed by atoms with Crippen LogP contribution in [-0.4, -0.2) is 26.2 Å². The van der Waals surface area contributed by atoms with E-state index in [2.05, 4.69) is 5.32 Å². The Morgan fingerprint density at radius 2 is 2.05 bits per heavy atom. The Kier molecular flexibility index (Phi) is 4.80. The van der Waals surface area contributed by atoms with Gasteiger partial charge in [-0.2, -0.15) is 0 Å². The van der Waals surface area contributed by atoms with Gasteiger partial charge in [-0.05, 0) is 30.5 Å². The molecule has 0 aromatic heterocycles. The molecule has 0 radical (unpaired) electrons. The maximum atomic E-state index is 12.0. The summed E-state index contributed by atoms with van der Waals surface area (Å²) in [6.45, 7) is 0. The number of hydrogen-bond donors (Lipinski definition) is 1. The second kappa shape index (κ2) is 6.57. The van der Waals surface area contributed by atoms with Crippen LogP contribution in [0.25, 0.3) is 0 Å². The molecule has 1 N–H and O–H groups in total. The second-order valence-corrected chi connectivity index (χ2v) is 4.88. The van der Waals surface area contributed by atoms with Crippen molar-refractivity contribution < 1.29 is 14.3 Å². The van der Waals surface area contributed by atoms with Crippen molar-refractivity contribution in [1.82, 2.24) is 5.32 Å². The van der Waals surface area contributed by atoms with Crippen molar-refractivity contribution in [2.24, 2.45) is 0 Å². The van der Waals surface area contributed by atoms with E-state index in [4.69, 9.17) is 9.47 Å². The first-order valence-electron chi connectivity index (χ1n) is 6.72. The molecule has 1 aromatic rings. The minimum atomic E-state index is -0.414. The van der Waals surface area contributed by atoms with Crippen molar-refractivity contribution in [2.75, 3.05) is 14.2 Å². The van der Waals surface area contributed by atoms with Crippen LogP contribution in [-0.2, 0) is 9.53 Å². The Hall–Kier alpha value is -1.55. The molecular weight excluding hydrogens is 242 g/mol. The molecule has 0 heterocycles. The lowest BCUT2D eigenvalue weighted by molar-refractivity contribution is -0.143. The quantitative estimate of drug-likeness (QED) is 0.829. The van der Waals surface area contributed by atoms with Gasteiger partial charge in [0.2, 0.25) is 0 Å². The number of carbonyl (C=O) groups is 1. The molecule has 2 rings (SSSR count). The highest BCUT2D eigenvalue weighted by atomic mass is 16.5. The van der Waals surface area contributed by atoms with Gasteiger partial charge in [-0.1, -0.05) is 25.0 Å². The highest BCUT2D eigenvalue weighted by molar-refractivity contribution is 5.77. The first-order valence-corrected chi connectivity index (χ1v) is 6.72. The molecule has 1 aliphatic carbocycles. The van der Waals surface area contributed by atoms with Gasteiger partial charge in [0.05, 0.1) is 14.2 Å². The van der Waals surface area contributed by atoms with Gasteiger partial charge in [0.25, 0.3) is 0 Å².